The molecule has 0 radical (unpaired) electrons. The van der Waals surface area contributed by atoms with Gasteiger partial charge < -0.3 is 29.9 Å². The Morgan fingerprint density at radius 3 is 2.75 bits per heavy atom. The molecule has 0 aliphatic carbocycles. The van der Waals surface area contributed by atoms with Gasteiger partial charge in [0.05, 0.1) is 22.8 Å². The van der Waals surface area contributed by atoms with Gasteiger partial charge in [0, 0.05) is 36.7 Å². The van der Waals surface area contributed by atoms with E-state index >= 15 is 0 Å². The normalized spacial score (nSPS) is 15.1. The summed E-state index contributed by atoms with van der Waals surface area (Å²) in [4.78, 5) is 10.9. The molecule has 2 heterocycles. The van der Waals surface area contributed by atoms with E-state index in [1.165, 1.54) is 26.0 Å². The van der Waals surface area contributed by atoms with Crippen LogP contribution >= 0.6 is 15.9 Å². The van der Waals surface area contributed by atoms with Gasteiger partial charge in [0.25, 0.3) is 0 Å². The zero-order chi connectivity index (χ0) is 22.7. The maximum atomic E-state index is 14.2. The Kier molecular flexibility index (Phi) is 6.92. The van der Waals surface area contributed by atoms with Crippen LogP contribution in [0.15, 0.2) is 34.9 Å². The molecule has 0 bridgehead atoms. The highest BCUT2D eigenvalue weighted by Gasteiger charge is 2.17. The van der Waals surface area contributed by atoms with E-state index in [4.69, 9.17) is 9.47 Å². The summed E-state index contributed by atoms with van der Waals surface area (Å²) in [6, 6.07) is 5.76. The summed E-state index contributed by atoms with van der Waals surface area (Å²) in [6.07, 6.45) is 3.44. The van der Waals surface area contributed by atoms with E-state index in [1.54, 1.807) is 18.3 Å². The van der Waals surface area contributed by atoms with Gasteiger partial charge in [-0.3, -0.25) is 0 Å². The SMILES string of the molecule is COc1cc2cnc(Nc3cc(O)c(Br)cc3F)nc2cc1OC(O)CCN1CCCC1. The molecule has 170 valence electrons. The third kappa shape index (κ3) is 5.20. The van der Waals surface area contributed by atoms with Gasteiger partial charge in [0.2, 0.25) is 5.95 Å². The number of methoxy groups -OCH3 is 1. The number of phenolic OH excluding ortho intramolecular Hbond substituents is 1. The number of anilines is 2. The van der Waals surface area contributed by atoms with Crippen molar-refractivity contribution < 1.29 is 24.1 Å². The van der Waals surface area contributed by atoms with Crippen LogP contribution in [-0.4, -0.2) is 58.1 Å². The lowest BCUT2D eigenvalue weighted by atomic mass is 10.2. The van der Waals surface area contributed by atoms with Crippen molar-refractivity contribution in [1.82, 2.24) is 14.9 Å². The van der Waals surface area contributed by atoms with Gasteiger partial charge in [-0.15, -0.1) is 0 Å². The van der Waals surface area contributed by atoms with E-state index in [9.17, 15) is 14.6 Å². The second-order valence-electron chi connectivity index (χ2n) is 7.57. The van der Waals surface area contributed by atoms with E-state index in [0.717, 1.165) is 25.7 Å². The number of halogens is 2. The van der Waals surface area contributed by atoms with E-state index in [0.29, 0.717) is 28.8 Å². The number of hydrogen-bond donors (Lipinski definition) is 3. The van der Waals surface area contributed by atoms with Crippen molar-refractivity contribution in [3.05, 3.63) is 40.8 Å². The monoisotopic (exact) mass is 506 g/mol. The number of fused-ring (bicyclic) bond motifs is 1. The number of ether oxygens (including phenoxy) is 2. The summed E-state index contributed by atoms with van der Waals surface area (Å²) in [5, 5.41) is 23.6. The van der Waals surface area contributed by atoms with Crippen LogP contribution < -0.4 is 14.8 Å². The summed E-state index contributed by atoms with van der Waals surface area (Å²) in [6.45, 7) is 2.86. The molecular weight excluding hydrogens is 483 g/mol. The Bertz CT molecular complexity index is 1110. The van der Waals surface area contributed by atoms with Crippen LogP contribution in [0.4, 0.5) is 16.0 Å². The minimum absolute atomic E-state index is 0.0346. The predicted octanol–water partition coefficient (Wildman–Crippen LogP) is 4.17. The molecule has 10 heteroatoms. The number of nitrogens with one attached hydrogen (secondary N) is 1. The lowest BCUT2D eigenvalue weighted by Crippen LogP contribution is -2.26. The van der Waals surface area contributed by atoms with Crippen molar-refractivity contribution in [2.75, 3.05) is 32.1 Å². The number of aliphatic hydroxyl groups is 1. The fraction of sp³-hybridized carbons (Fsp3) is 0.364. The van der Waals surface area contributed by atoms with Crippen molar-refractivity contribution in [3.63, 3.8) is 0 Å². The van der Waals surface area contributed by atoms with E-state index in [1.807, 2.05) is 0 Å². The maximum Gasteiger partial charge on any atom is 0.227 e. The highest BCUT2D eigenvalue weighted by atomic mass is 79.9. The first kappa shape index (κ1) is 22.5. The molecule has 1 aromatic heterocycles. The molecule has 4 rings (SSSR count). The molecule has 1 unspecified atom stereocenters. The molecule has 32 heavy (non-hydrogen) atoms. The summed E-state index contributed by atoms with van der Waals surface area (Å²) >= 11 is 3.07. The first-order chi connectivity index (χ1) is 15.4. The van der Waals surface area contributed by atoms with Gasteiger partial charge >= 0.3 is 0 Å². The van der Waals surface area contributed by atoms with Crippen LogP contribution in [0.1, 0.15) is 19.3 Å². The third-order valence-electron chi connectivity index (χ3n) is 5.30. The summed E-state index contributed by atoms with van der Waals surface area (Å²) in [5.74, 6) is 0.261. The smallest absolute Gasteiger partial charge is 0.227 e. The van der Waals surface area contributed by atoms with Crippen LogP contribution in [0.2, 0.25) is 0 Å². The van der Waals surface area contributed by atoms with Gasteiger partial charge in [-0.2, -0.15) is 0 Å². The van der Waals surface area contributed by atoms with Gasteiger partial charge in [-0.05, 0) is 54.0 Å². The summed E-state index contributed by atoms with van der Waals surface area (Å²) in [5.41, 5.74) is 0.555. The summed E-state index contributed by atoms with van der Waals surface area (Å²) < 4.78 is 25.6. The third-order valence-corrected chi connectivity index (χ3v) is 5.94. The lowest BCUT2D eigenvalue weighted by Gasteiger charge is -2.19. The van der Waals surface area contributed by atoms with Crippen LogP contribution in [0.25, 0.3) is 10.9 Å². The maximum absolute atomic E-state index is 14.2. The van der Waals surface area contributed by atoms with Gasteiger partial charge in [-0.25, -0.2) is 14.4 Å². The molecule has 0 amide bonds. The van der Waals surface area contributed by atoms with E-state index in [-0.39, 0.29) is 21.9 Å². The Morgan fingerprint density at radius 1 is 1.22 bits per heavy atom. The fourth-order valence-electron chi connectivity index (χ4n) is 3.61. The Labute approximate surface area is 193 Å². The number of rotatable bonds is 8. The van der Waals surface area contributed by atoms with Crippen molar-refractivity contribution in [2.24, 2.45) is 0 Å². The van der Waals surface area contributed by atoms with Gasteiger partial charge in [-0.1, -0.05) is 0 Å². The number of nitrogens with zero attached hydrogens (tertiary/aromatic N) is 3. The molecule has 1 saturated heterocycles. The first-order valence-corrected chi connectivity index (χ1v) is 11.1. The van der Waals surface area contributed by atoms with Gasteiger partial charge in [0.1, 0.15) is 11.6 Å². The number of aliphatic hydroxyl groups excluding tert-OH is 1. The molecule has 8 nitrogen and oxygen atoms in total. The standard InChI is InChI=1S/C22H24BrFN4O4/c1-31-19-8-13-12-25-22(27-17-10-18(29)14(23)9-15(17)24)26-16(13)11-20(19)32-21(30)4-7-28-5-2-3-6-28/h8-12,21,29-30H,2-7H2,1H3,(H,25,26,27). The fourth-order valence-corrected chi connectivity index (χ4v) is 3.92. The lowest BCUT2D eigenvalue weighted by molar-refractivity contribution is -0.0291. The van der Waals surface area contributed by atoms with Crippen LogP contribution in [-0.2, 0) is 0 Å². The van der Waals surface area contributed by atoms with E-state index < -0.39 is 12.1 Å². The number of benzene rings is 2. The molecular formula is C22H24BrFN4O4. The Morgan fingerprint density at radius 2 is 2.00 bits per heavy atom. The zero-order valence-electron chi connectivity index (χ0n) is 17.5. The molecule has 0 spiro atoms. The topological polar surface area (TPSA) is 100.0 Å². The highest BCUT2D eigenvalue weighted by Crippen LogP contribution is 2.34. The average Bonchev–Trinajstić information content (AvgIpc) is 3.29. The minimum Gasteiger partial charge on any atom is -0.507 e. The van der Waals surface area contributed by atoms with Crippen molar-refractivity contribution >= 4 is 38.5 Å². The largest absolute Gasteiger partial charge is 0.507 e. The number of aromatic hydroxyl groups is 1. The second-order valence-corrected chi connectivity index (χ2v) is 8.43. The zero-order valence-corrected chi connectivity index (χ0v) is 19.1. The first-order valence-electron chi connectivity index (χ1n) is 10.3. The molecule has 3 aromatic rings. The average molecular weight is 507 g/mol. The Balaban J connectivity index is 1.53. The molecule has 2 aromatic carbocycles. The molecule has 1 aliphatic rings. The van der Waals surface area contributed by atoms with E-state index in [2.05, 4.69) is 36.1 Å². The predicted molar refractivity (Wildman–Crippen MR) is 122 cm³/mol. The molecule has 1 aliphatic heterocycles. The van der Waals surface area contributed by atoms with Crippen molar-refractivity contribution in [1.29, 1.82) is 0 Å². The van der Waals surface area contributed by atoms with Crippen LogP contribution in [0.5, 0.6) is 17.2 Å². The van der Waals surface area contributed by atoms with Crippen LogP contribution in [0.3, 0.4) is 0 Å². The highest BCUT2D eigenvalue weighted by molar-refractivity contribution is 9.10. The second kappa shape index (κ2) is 9.85. The minimum atomic E-state index is -0.985. The molecule has 1 fully saturated rings. The Hall–Kier alpha value is -2.69. The number of hydrogen-bond acceptors (Lipinski definition) is 8. The number of likely N-dealkylation sites (tertiary alicyclic amines) is 1. The van der Waals surface area contributed by atoms with Crippen molar-refractivity contribution in [3.8, 4) is 17.2 Å². The van der Waals surface area contributed by atoms with Gasteiger partial charge in [0.15, 0.2) is 17.8 Å². The van der Waals surface area contributed by atoms with Crippen LogP contribution in [0, 0.1) is 5.82 Å². The number of aromatic nitrogens is 2. The quantitative estimate of drug-likeness (QED) is 0.391. The van der Waals surface area contributed by atoms with Crippen molar-refractivity contribution in [2.45, 2.75) is 25.6 Å². The molecule has 0 saturated carbocycles. The summed E-state index contributed by atoms with van der Waals surface area (Å²) in [7, 11) is 1.52. The number of phenols is 1. The molecule has 1 atom stereocenters. The molecule has 3 N–H and O–H groups in total.